The van der Waals surface area contributed by atoms with Crippen LogP contribution in [0.25, 0.3) is 0 Å². The van der Waals surface area contributed by atoms with E-state index >= 15 is 0 Å². The Balaban J connectivity index is 1.53. The molecule has 1 atom stereocenters. The maximum absolute atomic E-state index is 12.3. The number of nitriles is 1. The van der Waals surface area contributed by atoms with Gasteiger partial charge in [-0.25, -0.2) is 0 Å². The smallest absolute Gasteiger partial charge is 0.237 e. The van der Waals surface area contributed by atoms with Gasteiger partial charge in [0.25, 0.3) is 0 Å². The minimum Gasteiger partial charge on any atom is -0.394 e. The van der Waals surface area contributed by atoms with Gasteiger partial charge < -0.3 is 15.3 Å². The molecule has 1 saturated heterocycles. The number of hydrogen-bond acceptors (Lipinski definition) is 4. The lowest BCUT2D eigenvalue weighted by atomic mass is 9.57. The van der Waals surface area contributed by atoms with Crippen molar-refractivity contribution in [1.82, 2.24) is 10.2 Å². The van der Waals surface area contributed by atoms with Crippen molar-refractivity contribution >= 4 is 5.91 Å². The van der Waals surface area contributed by atoms with Gasteiger partial charge in [-0.3, -0.25) is 4.79 Å². The first-order chi connectivity index (χ1) is 10.6. The number of hydrogen-bond donors (Lipinski definition) is 2. The van der Waals surface area contributed by atoms with Gasteiger partial charge in [0, 0.05) is 12.1 Å². The average molecular weight is 305 g/mol. The van der Waals surface area contributed by atoms with Crippen molar-refractivity contribution in [3.05, 3.63) is 0 Å². The van der Waals surface area contributed by atoms with E-state index in [2.05, 4.69) is 11.4 Å². The number of carbonyl (C=O) groups excluding carboxylic acids is 1. The second-order valence-corrected chi connectivity index (χ2v) is 7.52. The SMILES string of the molecule is N#C[C@@H]1CCCN1C(=O)CNC1(CO)CCC2(CCC2)CC1. The van der Waals surface area contributed by atoms with Crippen molar-refractivity contribution in [1.29, 1.82) is 5.26 Å². The van der Waals surface area contributed by atoms with Crippen LogP contribution < -0.4 is 5.32 Å². The van der Waals surface area contributed by atoms with Gasteiger partial charge >= 0.3 is 0 Å². The molecule has 0 aromatic rings. The van der Waals surface area contributed by atoms with Crippen molar-refractivity contribution < 1.29 is 9.90 Å². The molecule has 1 amide bonds. The summed E-state index contributed by atoms with van der Waals surface area (Å²) >= 11 is 0. The van der Waals surface area contributed by atoms with Gasteiger partial charge in [0.2, 0.25) is 5.91 Å². The van der Waals surface area contributed by atoms with Gasteiger partial charge in [-0.05, 0) is 56.8 Å². The molecule has 3 aliphatic rings. The first-order valence-corrected chi connectivity index (χ1v) is 8.67. The monoisotopic (exact) mass is 305 g/mol. The molecule has 1 spiro atoms. The molecule has 0 aromatic heterocycles. The fourth-order valence-corrected chi connectivity index (χ4v) is 4.39. The lowest BCUT2D eigenvalue weighted by Gasteiger charge is -2.51. The highest BCUT2D eigenvalue weighted by Gasteiger charge is 2.45. The van der Waals surface area contributed by atoms with Crippen LogP contribution in [-0.4, -0.2) is 47.2 Å². The van der Waals surface area contributed by atoms with Crippen LogP contribution in [0.15, 0.2) is 0 Å². The predicted molar refractivity (Wildman–Crippen MR) is 82.9 cm³/mol. The van der Waals surface area contributed by atoms with Crippen molar-refractivity contribution in [3.63, 3.8) is 0 Å². The number of carbonyl (C=O) groups is 1. The summed E-state index contributed by atoms with van der Waals surface area (Å²) in [6, 6.07) is 1.95. The summed E-state index contributed by atoms with van der Waals surface area (Å²) in [6.07, 6.45) is 9.97. The Hall–Kier alpha value is -1.12. The van der Waals surface area contributed by atoms with E-state index < -0.39 is 0 Å². The second kappa shape index (κ2) is 6.17. The number of nitrogens with one attached hydrogen (secondary N) is 1. The van der Waals surface area contributed by atoms with Crippen LogP contribution in [0.1, 0.15) is 57.8 Å². The lowest BCUT2D eigenvalue weighted by Crippen LogP contribution is -2.56. The number of aliphatic hydroxyl groups excluding tert-OH is 1. The molecular weight excluding hydrogens is 278 g/mol. The molecule has 22 heavy (non-hydrogen) atoms. The summed E-state index contributed by atoms with van der Waals surface area (Å²) in [5, 5.41) is 22.3. The van der Waals surface area contributed by atoms with E-state index in [4.69, 9.17) is 5.26 Å². The molecule has 1 aliphatic heterocycles. The molecule has 0 aromatic carbocycles. The Morgan fingerprint density at radius 3 is 2.50 bits per heavy atom. The van der Waals surface area contributed by atoms with E-state index in [-0.39, 0.29) is 30.6 Å². The summed E-state index contributed by atoms with van der Waals surface area (Å²) < 4.78 is 0. The van der Waals surface area contributed by atoms with E-state index in [1.54, 1.807) is 4.90 Å². The highest BCUT2D eigenvalue weighted by atomic mass is 16.3. The molecule has 0 unspecified atom stereocenters. The Labute approximate surface area is 132 Å². The minimum atomic E-state index is -0.293. The third kappa shape index (κ3) is 2.87. The molecule has 5 heteroatoms. The zero-order chi connectivity index (χ0) is 15.6. The normalized spacial score (nSPS) is 29.1. The Morgan fingerprint density at radius 2 is 1.95 bits per heavy atom. The number of rotatable bonds is 4. The van der Waals surface area contributed by atoms with Crippen LogP contribution in [0.3, 0.4) is 0 Å². The van der Waals surface area contributed by atoms with Crippen LogP contribution >= 0.6 is 0 Å². The third-order valence-corrected chi connectivity index (χ3v) is 6.32. The minimum absolute atomic E-state index is 0.000746. The van der Waals surface area contributed by atoms with Crippen LogP contribution in [0.2, 0.25) is 0 Å². The van der Waals surface area contributed by atoms with Gasteiger partial charge in [-0.1, -0.05) is 6.42 Å². The fraction of sp³-hybridized carbons (Fsp3) is 0.882. The van der Waals surface area contributed by atoms with Gasteiger partial charge in [-0.2, -0.15) is 5.26 Å². The lowest BCUT2D eigenvalue weighted by molar-refractivity contribution is -0.131. The van der Waals surface area contributed by atoms with Crippen LogP contribution in [-0.2, 0) is 4.79 Å². The number of amides is 1. The van der Waals surface area contributed by atoms with Crippen molar-refractivity contribution in [2.45, 2.75) is 69.4 Å². The van der Waals surface area contributed by atoms with Gasteiger partial charge in [0.05, 0.1) is 19.2 Å². The number of likely N-dealkylation sites (tertiary alicyclic amines) is 1. The molecule has 3 fully saturated rings. The first-order valence-electron chi connectivity index (χ1n) is 8.67. The zero-order valence-electron chi connectivity index (χ0n) is 13.3. The van der Waals surface area contributed by atoms with Crippen LogP contribution in [0.5, 0.6) is 0 Å². The molecule has 1 heterocycles. The summed E-state index contributed by atoms with van der Waals surface area (Å²) in [5.41, 5.74) is 0.254. The number of aliphatic hydroxyl groups is 1. The highest BCUT2D eigenvalue weighted by molar-refractivity contribution is 5.79. The molecule has 0 radical (unpaired) electrons. The molecule has 2 saturated carbocycles. The summed E-state index contributed by atoms with van der Waals surface area (Å²) in [5.74, 6) is 0.000746. The summed E-state index contributed by atoms with van der Waals surface area (Å²) in [7, 11) is 0. The Kier molecular flexibility index (Phi) is 4.42. The summed E-state index contributed by atoms with van der Waals surface area (Å²) in [6.45, 7) is 1.03. The predicted octanol–water partition coefficient (Wildman–Crippen LogP) is 1.57. The third-order valence-electron chi connectivity index (χ3n) is 6.32. The molecular formula is C17H27N3O2. The fourth-order valence-electron chi connectivity index (χ4n) is 4.39. The van der Waals surface area contributed by atoms with Gasteiger partial charge in [-0.15, -0.1) is 0 Å². The van der Waals surface area contributed by atoms with Gasteiger partial charge in [0.1, 0.15) is 6.04 Å². The standard InChI is InChI=1S/C17H27N3O2/c18-11-14-3-1-10-20(14)15(22)12-19-17(13-21)8-6-16(7-9-17)4-2-5-16/h14,19,21H,1-10,12-13H2/t14-/m0/s1. The number of nitrogens with zero attached hydrogens (tertiary/aromatic N) is 2. The van der Waals surface area contributed by atoms with Crippen molar-refractivity contribution in [2.75, 3.05) is 19.7 Å². The maximum Gasteiger partial charge on any atom is 0.237 e. The van der Waals surface area contributed by atoms with E-state index in [1.807, 2.05) is 0 Å². The molecule has 3 rings (SSSR count). The summed E-state index contributed by atoms with van der Waals surface area (Å²) in [4.78, 5) is 14.0. The Morgan fingerprint density at radius 1 is 1.23 bits per heavy atom. The molecule has 2 N–H and O–H groups in total. The molecule has 5 nitrogen and oxygen atoms in total. The first kappa shape index (κ1) is 15.8. The van der Waals surface area contributed by atoms with Crippen LogP contribution in [0, 0.1) is 16.7 Å². The molecule has 122 valence electrons. The highest BCUT2D eigenvalue weighted by Crippen LogP contribution is 2.53. The van der Waals surface area contributed by atoms with Crippen molar-refractivity contribution in [2.24, 2.45) is 5.41 Å². The van der Waals surface area contributed by atoms with E-state index in [0.29, 0.717) is 12.0 Å². The van der Waals surface area contributed by atoms with Gasteiger partial charge in [0.15, 0.2) is 0 Å². The maximum atomic E-state index is 12.3. The quantitative estimate of drug-likeness (QED) is 0.826. The van der Waals surface area contributed by atoms with E-state index in [0.717, 1.165) is 25.7 Å². The van der Waals surface area contributed by atoms with E-state index in [9.17, 15) is 9.90 Å². The zero-order valence-corrected chi connectivity index (χ0v) is 13.3. The molecule has 0 bridgehead atoms. The van der Waals surface area contributed by atoms with E-state index in [1.165, 1.54) is 32.1 Å². The van der Waals surface area contributed by atoms with Crippen LogP contribution in [0.4, 0.5) is 0 Å². The average Bonchev–Trinajstić information content (AvgIpc) is 3.00. The van der Waals surface area contributed by atoms with Crippen molar-refractivity contribution in [3.8, 4) is 6.07 Å². The molecule has 2 aliphatic carbocycles. The Bertz CT molecular complexity index is 457. The topological polar surface area (TPSA) is 76.4 Å². The largest absolute Gasteiger partial charge is 0.394 e. The second-order valence-electron chi connectivity index (χ2n) is 7.52.